The molecule has 3 heterocycles. The molecule has 0 radical (unpaired) electrons. The number of nitrogens with two attached hydrogens (primary N) is 1. The third-order valence-corrected chi connectivity index (χ3v) is 6.35. The summed E-state index contributed by atoms with van der Waals surface area (Å²) in [5.41, 5.74) is 4.80. The third-order valence-electron chi connectivity index (χ3n) is 4.65. The molecule has 28 heavy (non-hydrogen) atoms. The number of anilines is 1. The summed E-state index contributed by atoms with van der Waals surface area (Å²) in [7, 11) is -3.63. The van der Waals surface area contributed by atoms with Crippen molar-refractivity contribution in [3.8, 4) is 0 Å². The molecule has 0 unspecified atom stereocenters. The molecule has 2 fully saturated rings. The summed E-state index contributed by atoms with van der Waals surface area (Å²) in [6, 6.07) is 9.37. The second-order valence-corrected chi connectivity index (χ2v) is 8.59. The van der Waals surface area contributed by atoms with E-state index in [2.05, 4.69) is 4.98 Å². The highest BCUT2D eigenvalue weighted by Gasteiger charge is 2.50. The molecule has 2 aromatic rings. The van der Waals surface area contributed by atoms with Crippen LogP contribution in [0.1, 0.15) is 6.23 Å². The van der Waals surface area contributed by atoms with Gasteiger partial charge in [0, 0.05) is 6.20 Å². The van der Waals surface area contributed by atoms with Crippen molar-refractivity contribution in [2.75, 3.05) is 18.1 Å². The molecular formula is C17H19N3O7S. The predicted octanol–water partition coefficient (Wildman–Crippen LogP) is -0.701. The average molecular weight is 409 g/mol. The van der Waals surface area contributed by atoms with Crippen LogP contribution in [0.3, 0.4) is 0 Å². The van der Waals surface area contributed by atoms with Crippen LogP contribution in [0.5, 0.6) is 0 Å². The zero-order valence-corrected chi connectivity index (χ0v) is 15.4. The molecule has 0 aliphatic carbocycles. The summed E-state index contributed by atoms with van der Waals surface area (Å²) in [6.45, 7) is 0.0182. The number of aliphatic hydroxyl groups is 1. The largest absolute Gasteiger partial charge is 0.386 e. The molecule has 10 nitrogen and oxygen atoms in total. The molecular weight excluding hydrogens is 390 g/mol. The Hall–Kier alpha value is -2.31. The summed E-state index contributed by atoms with van der Waals surface area (Å²) in [5.74, 6) is -0.349. The van der Waals surface area contributed by atoms with Gasteiger partial charge in [0.15, 0.2) is 22.4 Å². The van der Waals surface area contributed by atoms with Crippen LogP contribution in [0.4, 0.5) is 5.82 Å². The summed E-state index contributed by atoms with van der Waals surface area (Å²) in [4.78, 5) is 15.8. The fourth-order valence-corrected chi connectivity index (χ4v) is 4.58. The second kappa shape index (κ2) is 7.26. The van der Waals surface area contributed by atoms with Gasteiger partial charge in [-0.25, -0.2) is 13.2 Å². The lowest BCUT2D eigenvalue weighted by Crippen LogP contribution is -2.47. The molecule has 0 spiro atoms. The Bertz CT molecular complexity index is 1010. The fourth-order valence-electron chi connectivity index (χ4n) is 3.28. The van der Waals surface area contributed by atoms with E-state index >= 15 is 0 Å². The monoisotopic (exact) mass is 409 g/mol. The van der Waals surface area contributed by atoms with Gasteiger partial charge < -0.3 is 25.1 Å². The van der Waals surface area contributed by atoms with E-state index in [0.29, 0.717) is 0 Å². The molecule has 0 bridgehead atoms. The number of ether oxygens (including phenoxy) is 3. The first-order valence-corrected chi connectivity index (χ1v) is 10.2. The zero-order chi connectivity index (χ0) is 19.9. The van der Waals surface area contributed by atoms with Crippen molar-refractivity contribution >= 4 is 15.7 Å². The van der Waals surface area contributed by atoms with Crippen LogP contribution in [0.15, 0.2) is 52.3 Å². The molecule has 4 rings (SSSR count). The Kier molecular flexibility index (Phi) is 4.93. The minimum absolute atomic E-state index is 0.0182. The predicted molar refractivity (Wildman–Crippen MR) is 95.9 cm³/mol. The van der Waals surface area contributed by atoms with Gasteiger partial charge in [-0.2, -0.15) is 4.98 Å². The van der Waals surface area contributed by atoms with Crippen LogP contribution in [0.25, 0.3) is 0 Å². The number of fused-ring (bicyclic) bond motifs is 1. The number of sulfone groups is 1. The Morgan fingerprint density at radius 1 is 1.21 bits per heavy atom. The first-order chi connectivity index (χ1) is 13.3. The average Bonchev–Trinajstić information content (AvgIpc) is 2.98. The summed E-state index contributed by atoms with van der Waals surface area (Å²) >= 11 is 0. The summed E-state index contributed by atoms with van der Waals surface area (Å²) < 4.78 is 43.0. The Morgan fingerprint density at radius 2 is 1.96 bits per heavy atom. The minimum atomic E-state index is -3.63. The molecule has 1 aromatic heterocycles. The Labute approximate surface area is 160 Å². The van der Waals surface area contributed by atoms with Crippen LogP contribution < -0.4 is 11.4 Å². The first-order valence-electron chi connectivity index (χ1n) is 8.58. The normalized spacial score (nSPS) is 30.1. The van der Waals surface area contributed by atoms with E-state index in [1.165, 1.54) is 24.4 Å². The van der Waals surface area contributed by atoms with Crippen LogP contribution in [-0.4, -0.2) is 60.0 Å². The van der Waals surface area contributed by atoms with Gasteiger partial charge in [-0.3, -0.25) is 4.57 Å². The van der Waals surface area contributed by atoms with Crippen LogP contribution in [0.2, 0.25) is 0 Å². The molecule has 150 valence electrons. The lowest BCUT2D eigenvalue weighted by molar-refractivity contribution is -0.238. The molecule has 2 aliphatic heterocycles. The van der Waals surface area contributed by atoms with Crippen LogP contribution in [-0.2, 0) is 24.0 Å². The molecule has 1 aromatic carbocycles. The van der Waals surface area contributed by atoms with E-state index in [1.54, 1.807) is 18.2 Å². The fraction of sp³-hybridized carbons (Fsp3) is 0.412. The zero-order valence-electron chi connectivity index (χ0n) is 14.6. The van der Waals surface area contributed by atoms with Gasteiger partial charge in [0.1, 0.15) is 29.9 Å². The van der Waals surface area contributed by atoms with Crippen LogP contribution >= 0.6 is 0 Å². The number of hydrogen-bond donors (Lipinski definition) is 2. The van der Waals surface area contributed by atoms with Gasteiger partial charge in [-0.15, -0.1) is 0 Å². The Balaban J connectivity index is 1.49. The van der Waals surface area contributed by atoms with Gasteiger partial charge in [0.25, 0.3) is 0 Å². The number of aliphatic hydroxyl groups excluding tert-OH is 1. The van der Waals surface area contributed by atoms with Gasteiger partial charge in [0.2, 0.25) is 0 Å². The van der Waals surface area contributed by atoms with E-state index in [9.17, 15) is 18.3 Å². The van der Waals surface area contributed by atoms with Crippen molar-refractivity contribution < 1.29 is 27.7 Å². The maximum atomic E-state index is 12.5. The topological polar surface area (TPSA) is 143 Å². The third kappa shape index (κ3) is 3.54. The lowest BCUT2D eigenvalue weighted by Gasteiger charge is -2.32. The summed E-state index contributed by atoms with van der Waals surface area (Å²) in [5, 5.41) is 10.6. The number of rotatable bonds is 4. The van der Waals surface area contributed by atoms with Crippen molar-refractivity contribution in [3.63, 3.8) is 0 Å². The number of nitrogen functional groups attached to an aromatic ring is 1. The van der Waals surface area contributed by atoms with Gasteiger partial charge in [0.05, 0.1) is 11.5 Å². The molecule has 0 saturated carbocycles. The first kappa shape index (κ1) is 19.0. The van der Waals surface area contributed by atoms with Crippen molar-refractivity contribution in [2.45, 2.75) is 35.7 Å². The van der Waals surface area contributed by atoms with E-state index in [4.69, 9.17) is 19.9 Å². The Morgan fingerprint density at radius 3 is 2.68 bits per heavy atom. The standard InChI is InChI=1S/C17H19N3O7S/c18-12-6-7-20(17(22)19-12)16-14(21)15-11(26-16)8-25-13(27-15)9-28(23,24)10-4-2-1-3-5-10/h1-7,11,13-16,21H,8-9H2,(H2,18,19,22)/t11-,13-,14-,15+,16-/m1/s1. The van der Waals surface area contributed by atoms with Crippen molar-refractivity contribution in [2.24, 2.45) is 0 Å². The maximum absolute atomic E-state index is 12.5. The highest BCUT2D eigenvalue weighted by molar-refractivity contribution is 7.91. The van der Waals surface area contributed by atoms with Crippen molar-refractivity contribution in [1.82, 2.24) is 9.55 Å². The molecule has 0 amide bonds. The number of hydrogen-bond acceptors (Lipinski definition) is 9. The van der Waals surface area contributed by atoms with E-state index in [-0.39, 0.29) is 17.3 Å². The highest BCUT2D eigenvalue weighted by Crippen LogP contribution is 2.34. The minimum Gasteiger partial charge on any atom is -0.386 e. The van der Waals surface area contributed by atoms with Gasteiger partial charge in [-0.1, -0.05) is 18.2 Å². The SMILES string of the molecule is Nc1ccn([C@@H]2O[C@@H]3CO[C@@H](CS(=O)(=O)c4ccccc4)O[C@@H]3[C@H]2O)c(=O)n1. The molecule has 11 heteroatoms. The van der Waals surface area contributed by atoms with Gasteiger partial charge in [-0.05, 0) is 18.2 Å². The number of aromatic nitrogens is 2. The molecule has 2 aliphatic rings. The summed E-state index contributed by atoms with van der Waals surface area (Å²) in [6.07, 6.45) is -3.44. The molecule has 3 N–H and O–H groups in total. The van der Waals surface area contributed by atoms with E-state index in [0.717, 1.165) is 4.57 Å². The van der Waals surface area contributed by atoms with Crippen molar-refractivity contribution in [1.29, 1.82) is 0 Å². The second-order valence-electron chi connectivity index (χ2n) is 6.56. The van der Waals surface area contributed by atoms with Crippen LogP contribution in [0, 0.1) is 0 Å². The van der Waals surface area contributed by atoms with E-state index < -0.39 is 52.1 Å². The number of nitrogens with zero attached hydrogens (tertiary/aromatic N) is 2. The van der Waals surface area contributed by atoms with Gasteiger partial charge >= 0.3 is 5.69 Å². The van der Waals surface area contributed by atoms with Crippen molar-refractivity contribution in [3.05, 3.63) is 53.1 Å². The highest BCUT2D eigenvalue weighted by atomic mass is 32.2. The molecule has 5 atom stereocenters. The smallest absolute Gasteiger partial charge is 0.351 e. The quantitative estimate of drug-likeness (QED) is 0.670. The number of benzene rings is 1. The lowest BCUT2D eigenvalue weighted by atomic mass is 10.1. The molecule has 2 saturated heterocycles. The van der Waals surface area contributed by atoms with E-state index in [1.807, 2.05) is 0 Å². The maximum Gasteiger partial charge on any atom is 0.351 e.